The van der Waals surface area contributed by atoms with Gasteiger partial charge >= 0.3 is 0 Å². The first-order valence-electron chi connectivity index (χ1n) is 17.5. The Morgan fingerprint density at radius 2 is 1.80 bits per heavy atom. The summed E-state index contributed by atoms with van der Waals surface area (Å²) >= 11 is 0. The first-order valence-corrected chi connectivity index (χ1v) is 17.5. The molecule has 2 aromatic heterocycles. The number of carbonyl (C=O) groups is 4. The van der Waals surface area contributed by atoms with Gasteiger partial charge in [-0.05, 0) is 74.1 Å². The Bertz CT molecular complexity index is 1970. The Labute approximate surface area is 295 Å². The van der Waals surface area contributed by atoms with Gasteiger partial charge in [-0.1, -0.05) is 0 Å². The van der Waals surface area contributed by atoms with Gasteiger partial charge in [0.15, 0.2) is 6.29 Å². The van der Waals surface area contributed by atoms with Crippen LogP contribution in [0.5, 0.6) is 0 Å². The zero-order valence-electron chi connectivity index (χ0n) is 28.8. The number of aldehydes is 1. The molecule has 3 fully saturated rings. The van der Waals surface area contributed by atoms with Crippen LogP contribution in [-0.4, -0.2) is 108 Å². The molecule has 3 saturated heterocycles. The van der Waals surface area contributed by atoms with E-state index >= 15 is 4.39 Å². The molecule has 51 heavy (non-hydrogen) atoms. The summed E-state index contributed by atoms with van der Waals surface area (Å²) in [4.78, 5) is 69.0. The summed E-state index contributed by atoms with van der Waals surface area (Å²) < 4.78 is 15.4. The van der Waals surface area contributed by atoms with Crippen LogP contribution in [0.4, 0.5) is 27.3 Å². The largest absolute Gasteiger partial charge is 0.369 e. The lowest BCUT2D eigenvalue weighted by atomic mass is 9.95. The Balaban J connectivity index is 0.893. The van der Waals surface area contributed by atoms with Crippen LogP contribution >= 0.6 is 0 Å². The van der Waals surface area contributed by atoms with Crippen molar-refractivity contribution < 1.29 is 23.6 Å². The number of piperazine rings is 1. The maximum atomic E-state index is 15.4. The summed E-state index contributed by atoms with van der Waals surface area (Å²) in [5.41, 5.74) is 4.37. The molecule has 1 atom stereocenters. The molecule has 3 amide bonds. The van der Waals surface area contributed by atoms with Gasteiger partial charge in [0.1, 0.15) is 29.7 Å². The normalized spacial score (nSPS) is 18.9. The topological polar surface area (TPSA) is 147 Å². The number of rotatable bonds is 9. The van der Waals surface area contributed by atoms with E-state index < -0.39 is 17.9 Å². The summed E-state index contributed by atoms with van der Waals surface area (Å²) in [5, 5.41) is 6.41. The Hall–Kier alpha value is -5.37. The Kier molecular flexibility index (Phi) is 9.67. The molecule has 3 aliphatic rings. The summed E-state index contributed by atoms with van der Waals surface area (Å²) in [6, 6.07) is 9.74. The first kappa shape index (κ1) is 34.1. The van der Waals surface area contributed by atoms with E-state index in [1.807, 2.05) is 31.3 Å². The van der Waals surface area contributed by atoms with Crippen LogP contribution in [0.3, 0.4) is 0 Å². The molecule has 0 spiro atoms. The molecule has 2 aromatic carbocycles. The predicted octanol–water partition coefficient (Wildman–Crippen LogP) is 3.88. The third kappa shape index (κ3) is 7.13. The molecule has 14 heteroatoms. The van der Waals surface area contributed by atoms with Crippen molar-refractivity contribution in [3.8, 4) is 0 Å². The number of halogens is 1. The molecule has 13 nitrogen and oxygen atoms in total. The van der Waals surface area contributed by atoms with Gasteiger partial charge in [0.2, 0.25) is 11.8 Å². The molecular formula is C37H42FN9O4. The second kappa shape index (κ2) is 14.5. The molecule has 3 N–H and O–H groups in total. The van der Waals surface area contributed by atoms with Crippen LogP contribution in [0, 0.1) is 18.7 Å². The number of imide groups is 1. The highest BCUT2D eigenvalue weighted by molar-refractivity contribution is 6.06. The molecule has 0 aliphatic carbocycles. The molecule has 0 radical (unpaired) electrons. The van der Waals surface area contributed by atoms with Crippen LogP contribution < -0.4 is 20.4 Å². The number of hydrogen-bond acceptors (Lipinski definition) is 10. The Morgan fingerprint density at radius 3 is 2.53 bits per heavy atom. The average Bonchev–Trinajstić information content (AvgIpc) is 3.53. The van der Waals surface area contributed by atoms with Gasteiger partial charge in [0.25, 0.3) is 5.91 Å². The smallest absolute Gasteiger partial charge is 0.255 e. The molecule has 3 aliphatic heterocycles. The Morgan fingerprint density at radius 1 is 1.02 bits per heavy atom. The molecule has 0 saturated carbocycles. The highest BCUT2D eigenvalue weighted by atomic mass is 19.1. The molecular weight excluding hydrogens is 653 g/mol. The van der Waals surface area contributed by atoms with Crippen molar-refractivity contribution in [2.45, 2.75) is 38.6 Å². The number of aromatic amines is 1. The van der Waals surface area contributed by atoms with Crippen molar-refractivity contribution in [3.05, 3.63) is 71.4 Å². The number of aromatic nitrogens is 3. The van der Waals surface area contributed by atoms with E-state index in [0.29, 0.717) is 29.4 Å². The van der Waals surface area contributed by atoms with Crippen molar-refractivity contribution >= 4 is 57.9 Å². The molecule has 7 rings (SSSR count). The van der Waals surface area contributed by atoms with Gasteiger partial charge < -0.3 is 25.0 Å². The van der Waals surface area contributed by atoms with Gasteiger partial charge in [-0.2, -0.15) is 0 Å². The number of amides is 3. The highest BCUT2D eigenvalue weighted by Gasteiger charge is 2.33. The zero-order chi connectivity index (χ0) is 35.6. The van der Waals surface area contributed by atoms with E-state index in [4.69, 9.17) is 0 Å². The number of fused-ring (bicyclic) bond motifs is 1. The molecule has 5 heterocycles. The molecule has 1 unspecified atom stereocenters. The zero-order valence-corrected chi connectivity index (χ0v) is 28.8. The van der Waals surface area contributed by atoms with E-state index in [1.54, 1.807) is 12.1 Å². The maximum Gasteiger partial charge on any atom is 0.255 e. The van der Waals surface area contributed by atoms with Gasteiger partial charge in [-0.3, -0.25) is 29.4 Å². The van der Waals surface area contributed by atoms with Crippen molar-refractivity contribution in [1.82, 2.24) is 30.1 Å². The average molecular weight is 696 g/mol. The second-order valence-corrected chi connectivity index (χ2v) is 13.7. The summed E-state index contributed by atoms with van der Waals surface area (Å²) in [6.07, 6.45) is 6.42. The van der Waals surface area contributed by atoms with Crippen molar-refractivity contribution in [2.24, 2.45) is 5.92 Å². The minimum atomic E-state index is -0.761. The number of anilines is 4. The van der Waals surface area contributed by atoms with Crippen LogP contribution in [0.2, 0.25) is 0 Å². The fraction of sp³-hybridized carbons (Fsp3) is 0.405. The van der Waals surface area contributed by atoms with E-state index in [-0.39, 0.29) is 35.7 Å². The third-order valence-electron chi connectivity index (χ3n) is 10.5. The third-order valence-corrected chi connectivity index (χ3v) is 10.5. The number of hydrogen-bond donors (Lipinski definition) is 3. The van der Waals surface area contributed by atoms with E-state index in [9.17, 15) is 19.2 Å². The summed E-state index contributed by atoms with van der Waals surface area (Å²) in [5.74, 6) is -0.385. The fourth-order valence-electron chi connectivity index (χ4n) is 7.52. The lowest BCUT2D eigenvalue weighted by Gasteiger charge is -2.40. The number of nitrogens with zero attached hydrogens (tertiary/aromatic N) is 6. The first-order chi connectivity index (χ1) is 24.7. The number of carbonyl (C=O) groups excluding carboxylic acids is 4. The number of likely N-dealkylation sites (N-methyl/N-ethyl adjacent to an activating group) is 1. The standard InChI is InChI=1S/C37H42FN9O4/c1-23-19-39-34-33(23)35(41-22-40-34)42-26-3-6-30(29(38)18-26)47-11-9-24(10-12-47)20-45-13-15-46(16-14-45)27-4-5-28(25(17-27)21-48)37(51)44(2)31-7-8-32(49)43-36(31)50/h3-6,17-19,21-22,24,31H,7-16,20H2,1-2H3,(H,43,49,50)(H2,39,40,41,42). The summed E-state index contributed by atoms with van der Waals surface area (Å²) in [7, 11) is 1.52. The monoisotopic (exact) mass is 695 g/mol. The van der Waals surface area contributed by atoms with Gasteiger partial charge in [-0.15, -0.1) is 0 Å². The fourth-order valence-corrected chi connectivity index (χ4v) is 7.52. The quantitative estimate of drug-likeness (QED) is 0.174. The number of aryl methyl sites for hydroxylation is 1. The number of H-pyrrole nitrogens is 1. The minimum Gasteiger partial charge on any atom is -0.369 e. The van der Waals surface area contributed by atoms with E-state index in [2.05, 4.69) is 40.3 Å². The second-order valence-electron chi connectivity index (χ2n) is 13.7. The van der Waals surface area contributed by atoms with E-state index in [1.165, 1.54) is 24.3 Å². The van der Waals surface area contributed by atoms with Gasteiger partial charge in [0, 0.05) is 82.4 Å². The molecule has 266 valence electrons. The lowest BCUT2D eigenvalue weighted by Crippen LogP contribution is -2.53. The van der Waals surface area contributed by atoms with Crippen LogP contribution in [0.15, 0.2) is 48.9 Å². The van der Waals surface area contributed by atoms with Gasteiger partial charge in [-0.25, -0.2) is 14.4 Å². The minimum absolute atomic E-state index is 0.163. The van der Waals surface area contributed by atoms with Gasteiger partial charge in [0.05, 0.1) is 16.6 Å². The SMILES string of the molecule is Cc1c[nH]c2ncnc(Nc3ccc(N4CCC(CN5CCN(c6ccc(C(=O)N(C)C7CCC(=O)NC7=O)c(C=O)c6)CC5)CC4)c(F)c3)c12. The number of nitrogens with one attached hydrogen (secondary N) is 3. The summed E-state index contributed by atoms with van der Waals surface area (Å²) in [6.45, 7) is 7.88. The number of piperidine rings is 2. The van der Waals surface area contributed by atoms with Crippen LogP contribution in [0.1, 0.15) is 52.0 Å². The van der Waals surface area contributed by atoms with Crippen LogP contribution in [-0.2, 0) is 9.59 Å². The van der Waals surface area contributed by atoms with Crippen molar-refractivity contribution in [2.75, 3.05) is 68.0 Å². The van der Waals surface area contributed by atoms with Crippen LogP contribution in [0.25, 0.3) is 11.0 Å². The van der Waals surface area contributed by atoms with Crippen molar-refractivity contribution in [3.63, 3.8) is 0 Å². The number of benzene rings is 2. The maximum absolute atomic E-state index is 15.4. The predicted molar refractivity (Wildman–Crippen MR) is 192 cm³/mol. The lowest BCUT2D eigenvalue weighted by molar-refractivity contribution is -0.136. The van der Waals surface area contributed by atoms with Crippen molar-refractivity contribution in [1.29, 1.82) is 0 Å². The highest BCUT2D eigenvalue weighted by Crippen LogP contribution is 2.31. The molecule has 0 bridgehead atoms. The molecule has 4 aromatic rings. The van der Waals surface area contributed by atoms with E-state index in [0.717, 1.165) is 80.9 Å².